The number of aromatic nitrogens is 4. The second-order valence-corrected chi connectivity index (χ2v) is 3.85. The van der Waals surface area contributed by atoms with Crippen molar-refractivity contribution in [2.75, 3.05) is 6.67 Å². The number of hydrogen-bond acceptors (Lipinski definition) is 3. The standard InChI is InChI=1S/C11H16FN5.ClH/c1-16-11(2-4-14-16)8-13-6-10-7-15-17(9-10)5-3-12;/h2,4,7,9,13H,3,5-6,8H2,1H3;1H. The van der Waals surface area contributed by atoms with Gasteiger partial charge in [0.25, 0.3) is 0 Å². The molecular formula is C11H17ClFN5. The van der Waals surface area contributed by atoms with E-state index in [9.17, 15) is 4.39 Å². The molecule has 18 heavy (non-hydrogen) atoms. The van der Waals surface area contributed by atoms with Gasteiger partial charge in [-0.1, -0.05) is 0 Å². The van der Waals surface area contributed by atoms with Crippen LogP contribution in [-0.2, 0) is 26.7 Å². The zero-order valence-corrected chi connectivity index (χ0v) is 11.0. The minimum Gasteiger partial charge on any atom is -0.307 e. The summed E-state index contributed by atoms with van der Waals surface area (Å²) in [5, 5.41) is 11.4. The van der Waals surface area contributed by atoms with Crippen LogP contribution in [0.5, 0.6) is 0 Å². The van der Waals surface area contributed by atoms with Gasteiger partial charge in [0.2, 0.25) is 0 Å². The Kier molecular flexibility index (Phi) is 5.80. The largest absolute Gasteiger partial charge is 0.307 e. The van der Waals surface area contributed by atoms with Gasteiger partial charge in [-0.05, 0) is 6.07 Å². The van der Waals surface area contributed by atoms with Gasteiger partial charge in [0, 0.05) is 38.1 Å². The van der Waals surface area contributed by atoms with E-state index in [4.69, 9.17) is 0 Å². The highest BCUT2D eigenvalue weighted by Gasteiger charge is 2.00. The molecular weight excluding hydrogens is 257 g/mol. The maximum Gasteiger partial charge on any atom is 0.109 e. The van der Waals surface area contributed by atoms with Crippen LogP contribution in [0.25, 0.3) is 0 Å². The van der Waals surface area contributed by atoms with E-state index < -0.39 is 0 Å². The molecule has 0 aromatic carbocycles. The predicted octanol–water partition coefficient (Wildman–Crippen LogP) is 1.30. The first-order valence-electron chi connectivity index (χ1n) is 5.54. The van der Waals surface area contributed by atoms with Crippen molar-refractivity contribution < 1.29 is 4.39 Å². The molecule has 0 bridgehead atoms. The van der Waals surface area contributed by atoms with Crippen LogP contribution in [0, 0.1) is 0 Å². The van der Waals surface area contributed by atoms with Crippen molar-refractivity contribution in [1.29, 1.82) is 0 Å². The first kappa shape index (κ1) is 14.7. The summed E-state index contributed by atoms with van der Waals surface area (Å²) in [6.45, 7) is 1.41. The van der Waals surface area contributed by atoms with E-state index in [1.54, 1.807) is 17.1 Å². The molecule has 2 heterocycles. The van der Waals surface area contributed by atoms with E-state index in [1.165, 1.54) is 0 Å². The summed E-state index contributed by atoms with van der Waals surface area (Å²) in [6.07, 6.45) is 5.39. The highest BCUT2D eigenvalue weighted by atomic mass is 35.5. The first-order valence-corrected chi connectivity index (χ1v) is 5.54. The predicted molar refractivity (Wildman–Crippen MR) is 69.2 cm³/mol. The number of rotatable bonds is 6. The molecule has 0 aliphatic heterocycles. The zero-order valence-electron chi connectivity index (χ0n) is 10.2. The SMILES string of the molecule is Cl.Cn1nccc1CNCc1cnn(CCF)c1. The van der Waals surface area contributed by atoms with E-state index in [1.807, 2.05) is 24.0 Å². The number of halogens is 2. The molecule has 0 aliphatic rings. The van der Waals surface area contributed by atoms with Crippen LogP contribution in [0.1, 0.15) is 11.3 Å². The monoisotopic (exact) mass is 273 g/mol. The maximum absolute atomic E-state index is 12.1. The molecule has 100 valence electrons. The van der Waals surface area contributed by atoms with Crippen LogP contribution < -0.4 is 5.32 Å². The van der Waals surface area contributed by atoms with E-state index in [-0.39, 0.29) is 19.1 Å². The third-order valence-electron chi connectivity index (χ3n) is 2.56. The Morgan fingerprint density at radius 1 is 1.33 bits per heavy atom. The second kappa shape index (κ2) is 7.13. The van der Waals surface area contributed by atoms with E-state index in [0.29, 0.717) is 6.54 Å². The molecule has 0 aliphatic carbocycles. The Morgan fingerprint density at radius 3 is 2.83 bits per heavy atom. The molecule has 0 fully saturated rings. The van der Waals surface area contributed by atoms with E-state index >= 15 is 0 Å². The van der Waals surface area contributed by atoms with Gasteiger partial charge in [-0.25, -0.2) is 4.39 Å². The van der Waals surface area contributed by atoms with Gasteiger partial charge < -0.3 is 5.32 Å². The van der Waals surface area contributed by atoms with Crippen LogP contribution in [0.15, 0.2) is 24.7 Å². The minimum absolute atomic E-state index is 0. The zero-order chi connectivity index (χ0) is 12.1. The van der Waals surface area contributed by atoms with Crippen molar-refractivity contribution >= 4 is 12.4 Å². The lowest BCUT2D eigenvalue weighted by atomic mass is 10.3. The Hall–Kier alpha value is -1.40. The Labute approximate surface area is 111 Å². The number of hydrogen-bond donors (Lipinski definition) is 1. The normalized spacial score (nSPS) is 10.3. The van der Waals surface area contributed by atoms with Crippen LogP contribution in [-0.4, -0.2) is 26.2 Å². The van der Waals surface area contributed by atoms with Crippen molar-refractivity contribution in [2.45, 2.75) is 19.6 Å². The minimum atomic E-state index is -0.385. The smallest absolute Gasteiger partial charge is 0.109 e. The summed E-state index contributed by atoms with van der Waals surface area (Å²) in [4.78, 5) is 0. The molecule has 2 rings (SSSR count). The van der Waals surface area contributed by atoms with Crippen LogP contribution >= 0.6 is 12.4 Å². The highest BCUT2D eigenvalue weighted by Crippen LogP contribution is 2.00. The van der Waals surface area contributed by atoms with Crippen molar-refractivity contribution in [1.82, 2.24) is 24.9 Å². The Morgan fingerprint density at radius 2 is 2.17 bits per heavy atom. The summed E-state index contributed by atoms with van der Waals surface area (Å²) in [5.74, 6) is 0. The van der Waals surface area contributed by atoms with E-state index in [2.05, 4.69) is 15.5 Å². The van der Waals surface area contributed by atoms with Gasteiger partial charge in [0.05, 0.1) is 18.4 Å². The highest BCUT2D eigenvalue weighted by molar-refractivity contribution is 5.85. The molecule has 1 N–H and O–H groups in total. The molecule has 2 aromatic rings. The Bertz CT molecular complexity index is 467. The summed E-state index contributed by atoms with van der Waals surface area (Å²) in [5.41, 5.74) is 2.18. The third-order valence-corrected chi connectivity index (χ3v) is 2.56. The van der Waals surface area contributed by atoms with Gasteiger partial charge in [0.15, 0.2) is 0 Å². The fraction of sp³-hybridized carbons (Fsp3) is 0.455. The first-order chi connectivity index (χ1) is 8.29. The third kappa shape index (κ3) is 3.82. The van der Waals surface area contributed by atoms with Gasteiger partial charge in [0.1, 0.15) is 6.67 Å². The van der Waals surface area contributed by atoms with Crippen molar-refractivity contribution in [3.8, 4) is 0 Å². The number of alkyl halides is 1. The average molecular weight is 274 g/mol. The van der Waals surface area contributed by atoms with E-state index in [0.717, 1.165) is 24.3 Å². The molecule has 7 heteroatoms. The van der Waals surface area contributed by atoms with Gasteiger partial charge in [-0.15, -0.1) is 12.4 Å². The lowest BCUT2D eigenvalue weighted by Crippen LogP contribution is -2.14. The number of nitrogens with one attached hydrogen (secondary N) is 1. The van der Waals surface area contributed by atoms with Crippen LogP contribution in [0.3, 0.4) is 0 Å². The molecule has 0 amide bonds. The van der Waals surface area contributed by atoms with Crippen LogP contribution in [0.2, 0.25) is 0 Å². The van der Waals surface area contributed by atoms with Crippen LogP contribution in [0.4, 0.5) is 4.39 Å². The second-order valence-electron chi connectivity index (χ2n) is 3.85. The maximum atomic E-state index is 12.1. The van der Waals surface area contributed by atoms with Gasteiger partial charge in [-0.2, -0.15) is 10.2 Å². The lowest BCUT2D eigenvalue weighted by Gasteiger charge is -2.03. The summed E-state index contributed by atoms with van der Waals surface area (Å²) in [7, 11) is 1.91. The van der Waals surface area contributed by atoms with Crippen molar-refractivity contribution in [3.63, 3.8) is 0 Å². The molecule has 0 atom stereocenters. The molecule has 0 saturated heterocycles. The molecule has 0 unspecified atom stereocenters. The van der Waals surface area contributed by atoms with Crippen molar-refractivity contribution in [2.24, 2.45) is 7.05 Å². The number of nitrogens with zero attached hydrogens (tertiary/aromatic N) is 4. The molecule has 0 saturated carbocycles. The quantitative estimate of drug-likeness (QED) is 0.863. The van der Waals surface area contributed by atoms with Gasteiger partial charge >= 0.3 is 0 Å². The average Bonchev–Trinajstić information content (AvgIpc) is 2.90. The Balaban J connectivity index is 0.00000162. The molecule has 0 spiro atoms. The summed E-state index contributed by atoms with van der Waals surface area (Å²) >= 11 is 0. The molecule has 5 nitrogen and oxygen atoms in total. The number of aryl methyl sites for hydroxylation is 2. The fourth-order valence-corrected chi connectivity index (χ4v) is 1.62. The van der Waals surface area contributed by atoms with Gasteiger partial charge in [-0.3, -0.25) is 9.36 Å². The molecule has 0 radical (unpaired) electrons. The topological polar surface area (TPSA) is 47.7 Å². The summed E-state index contributed by atoms with van der Waals surface area (Å²) < 4.78 is 15.5. The molecule has 2 aromatic heterocycles. The lowest BCUT2D eigenvalue weighted by molar-refractivity contribution is 0.427. The fourth-order valence-electron chi connectivity index (χ4n) is 1.62. The van der Waals surface area contributed by atoms with Crippen molar-refractivity contribution in [3.05, 3.63) is 35.9 Å². The summed E-state index contributed by atoms with van der Waals surface area (Å²) in [6, 6.07) is 1.97.